The number of halogens is 2. The first-order valence-electron chi connectivity index (χ1n) is 42.1. The fourth-order valence-corrected chi connectivity index (χ4v) is 18.9. The van der Waals surface area contributed by atoms with Crippen LogP contribution in [0.2, 0.25) is 74.9 Å². The molecule has 1 aromatic carbocycles. The molecule has 0 saturated carbocycles. The van der Waals surface area contributed by atoms with Crippen molar-refractivity contribution in [3.05, 3.63) is 97.7 Å². The number of aliphatic hydroxyl groups excluding tert-OH is 3. The maximum Gasteiger partial charge on any atom is 0.377 e. The van der Waals surface area contributed by atoms with Gasteiger partial charge in [-0.05, 0) is 172 Å². The molecule has 46 heteroatoms. The molecule has 8 aliphatic rings. The van der Waals surface area contributed by atoms with Gasteiger partial charge in [0.15, 0.2) is 30.9 Å². The Labute approximate surface area is 904 Å². The molecule has 8 saturated heterocycles. The minimum atomic E-state index is -3.83. The van der Waals surface area contributed by atoms with E-state index >= 15 is 0 Å². The van der Waals surface area contributed by atoms with Gasteiger partial charge in [-0.3, -0.25) is 25.5 Å². The van der Waals surface area contributed by atoms with Crippen molar-refractivity contribution in [2.45, 2.75) is 346 Å². The van der Waals surface area contributed by atoms with Gasteiger partial charge in [0.05, 0.1) is 86.1 Å². The van der Waals surface area contributed by atoms with Crippen molar-refractivity contribution in [2.24, 2.45) is 10.8 Å². The largest absolute Gasteiger partial charge is 0.503 e. The van der Waals surface area contributed by atoms with E-state index in [0.717, 1.165) is 44.3 Å². The van der Waals surface area contributed by atoms with E-state index in [0.29, 0.717) is 83.1 Å². The number of β-amino-alcohol motifs (C(OH)–C–C–N with tert-alkyl or cyclic N) is 3. The summed E-state index contributed by atoms with van der Waals surface area (Å²) in [5, 5.41) is 73.9. The molecule has 4 radical (unpaired) electrons. The van der Waals surface area contributed by atoms with Gasteiger partial charge in [0.25, 0.3) is 10.1 Å². The molecule has 3 amide bonds. The second-order valence-corrected chi connectivity index (χ2v) is 52.8. The van der Waals surface area contributed by atoms with E-state index in [1.807, 2.05) is 53.2 Å². The van der Waals surface area contributed by atoms with Gasteiger partial charge in [-0.2, -0.15) is 8.42 Å². The van der Waals surface area contributed by atoms with Gasteiger partial charge < -0.3 is 169 Å². The maximum atomic E-state index is 12.5. The Kier molecular flexibility index (Phi) is 83.9. The number of nitrogens with zero attached hydrogens (tertiary/aromatic N) is 9. The average Bonchev–Trinajstić information content (AvgIpc) is 1.64. The summed E-state index contributed by atoms with van der Waals surface area (Å²) < 4.78 is 58.8. The number of carbonyl (C=O) groups is 6. The molecule has 0 bridgehead atoms. The molecule has 16 atom stereocenters. The van der Waals surface area contributed by atoms with Gasteiger partial charge in [0.2, 0.25) is 0 Å². The number of esters is 2. The predicted molar refractivity (Wildman–Crippen MR) is 522 cm³/mol. The molecule has 130 heavy (non-hydrogen) atoms. The first-order valence-corrected chi connectivity index (χ1v) is 52.2. The van der Waals surface area contributed by atoms with Crippen LogP contribution in [0.5, 0.6) is 0 Å². The van der Waals surface area contributed by atoms with Crippen LogP contribution >= 0.6 is 24.8 Å². The van der Waals surface area contributed by atoms with Gasteiger partial charge >= 0.3 is 33.1 Å². The number of rotatable bonds is 16. The monoisotopic (exact) mass is 2260 g/mol. The number of aliphatic hydroxyl groups is 3. The number of methoxy groups -OCH3 is 2. The fraction of sp³-hybridized carbons (Fsp3) is 0.762. The second-order valence-electron chi connectivity index (χ2n) is 36.9. The summed E-state index contributed by atoms with van der Waals surface area (Å²) in [6.45, 7) is 71.9. The van der Waals surface area contributed by atoms with Crippen molar-refractivity contribution < 1.29 is 230 Å². The zero-order chi connectivity index (χ0) is 93.5. The summed E-state index contributed by atoms with van der Waals surface area (Å²) >= 11 is 0. The quantitative estimate of drug-likeness (QED) is 0.0140. The Morgan fingerprint density at radius 1 is 0.538 bits per heavy atom. The summed E-state index contributed by atoms with van der Waals surface area (Å²) in [7, 11) is -8.33. The molecule has 1 aromatic rings. The van der Waals surface area contributed by atoms with Gasteiger partial charge in [-0.15, -0.1) is 24.8 Å². The number of azide groups is 1. The predicted octanol–water partition coefficient (Wildman–Crippen LogP) is 10.5. The van der Waals surface area contributed by atoms with E-state index in [4.69, 9.17) is 58.7 Å². The van der Waals surface area contributed by atoms with E-state index in [1.165, 1.54) is 14.2 Å². The first kappa shape index (κ1) is 153. The van der Waals surface area contributed by atoms with Crippen LogP contribution in [0.4, 0.5) is 0 Å². The van der Waals surface area contributed by atoms with Crippen molar-refractivity contribution in [1.29, 1.82) is 0 Å². The molecule has 0 aliphatic carbocycles. The number of benzene rings is 1. The molecule has 0 spiro atoms. The third kappa shape index (κ3) is 55.4. The van der Waals surface area contributed by atoms with Crippen LogP contribution in [-0.2, 0) is 197 Å². The molecule has 9 rings (SSSR count). The Hall–Kier alpha value is -0.0190. The second kappa shape index (κ2) is 71.4. The smallest absolute Gasteiger partial charge is 0.377 e. The number of aryl methyl sites for hydroxylation is 1. The fourth-order valence-electron chi connectivity index (χ4n) is 13.9. The van der Waals surface area contributed by atoms with Gasteiger partial charge in [0, 0.05) is 237 Å². The number of nitrogens with one attached hydrogen (secondary N) is 2. The number of ether oxygens (including phenoxy) is 2. The van der Waals surface area contributed by atoms with Crippen LogP contribution in [0.25, 0.3) is 10.4 Å². The minimum absolute atomic E-state index is 0. The molecule has 0 aromatic heterocycles. The zero-order valence-corrected chi connectivity index (χ0v) is 102. The minimum Gasteiger partial charge on any atom is -0.503 e. The van der Waals surface area contributed by atoms with E-state index in [-0.39, 0.29) is 315 Å². The third-order valence-electron chi connectivity index (χ3n) is 23.6. The average molecular weight is 2260 g/mol. The number of likely N-dealkylation sites (tertiary alicyclic amines) is 3. The van der Waals surface area contributed by atoms with Crippen LogP contribution in [-0.4, -0.2) is 325 Å². The number of nitrogens with two attached hydrogens (primary N) is 1. The SMILES string of the molecule is CB(O)N1C[C@@H](O[Si](C)(C)C(C)(C)C)C[C@H]1C.CB(O)N1C[C@@H](O[Si](C)(C)C(C)(C)C)C[C@H]1COS(=O)(=O)c1ccc(C)cc1.CC.COC(=O)[C@@H]1C[C@@H](O)CN1.COC(=O)[C@@H]1C[C@H](O[Si](C)(C)C(C)(C)C)CN1B(C)O.C[C@@H]1C[C@@H](O)CN1.Cl.Cl.[CH2-]C(=O)N1C[C@@H](N)C[C@H]1C.[CH2-]C(=O)N1C[C@@H](N=[N+]=[N-])C[C@H]1C.[CH2-]C(=O)N1C[C@H](O)C[C@H]1C.[CH2-]C(=O)O.[CH3-].[CH3-].[CH3-].[CH3-].[Y].[Y].[Y].[Y]. The van der Waals surface area contributed by atoms with Crippen molar-refractivity contribution in [1.82, 2.24) is 39.8 Å². The van der Waals surface area contributed by atoms with E-state index in [9.17, 15) is 47.5 Å². The van der Waals surface area contributed by atoms with Gasteiger partial charge in [-0.1, -0.05) is 106 Å². The van der Waals surface area contributed by atoms with Crippen LogP contribution in [0.1, 0.15) is 168 Å². The molecule has 8 aliphatic heterocycles. The van der Waals surface area contributed by atoms with E-state index in [2.05, 4.69) is 173 Å². The Morgan fingerprint density at radius 2 is 0.900 bits per heavy atom. The summed E-state index contributed by atoms with van der Waals surface area (Å²) in [4.78, 5) is 77.3. The maximum absolute atomic E-state index is 12.5. The molecule has 8 heterocycles. The molecule has 0 unspecified atom stereocenters. The number of hydrogen-bond donors (Lipinski definition) is 10. The van der Waals surface area contributed by atoms with E-state index in [1.54, 1.807) is 57.4 Å². The summed E-state index contributed by atoms with van der Waals surface area (Å²) in [6.07, 6.45) is 5.38. The standard InChI is InChI=1S/C19H34BNO5SSi.C13H28BNO4Si.C12H28BNO2Si.C7H11N4O.C7H13N2O.C7H12NO2.C6H11NO3.C5H11NO.C2H3O2.C2H6.4CH3.2ClH.4Y/c1-15-8-10-18(11-9-15)27(23,24)25-14-16-12-17(13-21(16)20(5)22)26-28(6,7)19(2,3)4;1-13(2,3)20(6,7)19-10-8-11(12(16)18-5)15(9-10)14(4)17;1-10-8-11(9-14(10)13(5)15)16-17(6,7)12(2,3)4;1-5-3-7(9-10-8)4-11(5)6(2)12;1-5-3-7(8)4-9(5)6(2)10;1-5-3-7(10)4-8(5)6(2)9;1-10-6(9)5-2-4(8)3-7-5;1-4-2-5(7)3-6-4;1-2(3)4;1-2;;;;;;;;;;/h8-11,16-17,22H,12-14H2,1-7H3;10-11,17H,8-9H2,1-7H3;10-11,15H,8-9H2,1-7H3;5,7H,2-4H2,1H3;5,7H,2-4,8H2,1H3;5,7,10H,2-4H2,1H3;4-5,7-8H,2-3H2,1H3;4-7H,2-3H2,1H3;1H2,(H,3,4);1-2H3;4*1H3;2*1H;;;;/q;;;3*-1;;;-1;;4*-1;;;;;;/t16-,17-;10-,11-;10-,11+;2*5-,7+;5-,7-;4-,5+;4-,5-;;;;;;;;;;;;/m00111111............/s1. The number of carbonyl (C=O) groups excluding carboxylic acids is 5. The van der Waals surface area contributed by atoms with E-state index < -0.39 is 67.3 Å². The third-order valence-corrected chi connectivity index (χ3v) is 38.5. The molecular formula is C84H171B3Cl2N12O21SSi3Y4-8. The number of hydrogen-bond acceptors (Lipinski definition) is 27. The van der Waals surface area contributed by atoms with Crippen LogP contribution in [0.15, 0.2) is 34.3 Å². The van der Waals surface area contributed by atoms with Crippen molar-refractivity contribution in [3.63, 3.8) is 0 Å². The number of carboxylic acid groups (broad SMARTS) is 1. The zero-order valence-electron chi connectivity index (χ0n) is 85.1. The Bertz CT molecular complexity index is 3400. The van der Waals surface area contributed by atoms with Crippen molar-refractivity contribution in [2.75, 3.05) is 73.2 Å². The van der Waals surface area contributed by atoms with Crippen LogP contribution < -0.4 is 16.4 Å². The number of amides is 3. The normalized spacial score (nSPS) is 24.7. The Morgan fingerprint density at radius 3 is 1.19 bits per heavy atom. The first-order chi connectivity index (χ1) is 54.9. The molecule has 8 fully saturated rings. The summed E-state index contributed by atoms with van der Waals surface area (Å²) in [6, 6.07) is 7.27. The van der Waals surface area contributed by atoms with Gasteiger partial charge in [-0.25, -0.2) is 0 Å². The molecule has 33 nitrogen and oxygen atoms in total. The van der Waals surface area contributed by atoms with Gasteiger partial charge in [0.1, 0.15) is 12.1 Å². The number of aliphatic carboxylic acids is 1. The van der Waals surface area contributed by atoms with Crippen LogP contribution in [0, 0.1) is 64.3 Å². The van der Waals surface area contributed by atoms with Crippen molar-refractivity contribution in [3.8, 4) is 0 Å². The molecule has 754 valence electrons. The molecule has 11 N–H and O–H groups in total. The van der Waals surface area contributed by atoms with Crippen LogP contribution in [0.3, 0.4) is 0 Å². The summed E-state index contributed by atoms with van der Waals surface area (Å²) in [5.74, 6) is -2.17. The molecular weight excluding hydrogens is 2090 g/mol. The van der Waals surface area contributed by atoms with Crippen molar-refractivity contribution >= 4 is 117 Å². The summed E-state index contributed by atoms with van der Waals surface area (Å²) in [5.41, 5.74) is 14.8. The Balaban J connectivity index is -0.000000140. The number of carboxylic acids is 1. The topological polar surface area (TPSA) is 452 Å².